The van der Waals surface area contributed by atoms with Gasteiger partial charge in [0.05, 0.1) is 5.69 Å². The van der Waals surface area contributed by atoms with E-state index in [1.807, 2.05) is 32.0 Å². The zero-order valence-electron chi connectivity index (χ0n) is 13.8. The molecule has 1 aliphatic heterocycles. The maximum Gasteiger partial charge on any atom is 0.265 e. The summed E-state index contributed by atoms with van der Waals surface area (Å²) in [6.07, 6.45) is 5.43. The van der Waals surface area contributed by atoms with Crippen LogP contribution in [0.2, 0.25) is 0 Å². The van der Waals surface area contributed by atoms with Gasteiger partial charge in [-0.25, -0.2) is 0 Å². The quantitative estimate of drug-likeness (QED) is 0.930. The van der Waals surface area contributed by atoms with Crippen LogP contribution in [0.15, 0.2) is 18.2 Å². The first-order valence-corrected chi connectivity index (χ1v) is 8.46. The Morgan fingerprint density at radius 1 is 1.26 bits per heavy atom. The Labute approximate surface area is 137 Å². The van der Waals surface area contributed by atoms with E-state index in [9.17, 15) is 9.59 Å². The normalized spacial score (nSPS) is 18.6. The minimum Gasteiger partial charge on any atom is -0.482 e. The summed E-state index contributed by atoms with van der Waals surface area (Å²) in [5.74, 6) is 0.833. The number of fused-ring (bicyclic) bond motifs is 1. The number of carbonyl (C=O) groups is 2. The molecule has 3 rings (SSSR count). The predicted molar refractivity (Wildman–Crippen MR) is 89.8 cm³/mol. The average molecular weight is 316 g/mol. The summed E-state index contributed by atoms with van der Waals surface area (Å²) < 4.78 is 5.49. The van der Waals surface area contributed by atoms with Crippen LogP contribution in [0.3, 0.4) is 0 Å². The number of rotatable bonds is 3. The molecule has 0 saturated heterocycles. The Hall–Kier alpha value is -2.04. The molecule has 0 aromatic heterocycles. The van der Waals surface area contributed by atoms with Crippen LogP contribution >= 0.6 is 0 Å². The first-order valence-electron chi connectivity index (χ1n) is 8.46. The Bertz CT molecular complexity index is 606. The van der Waals surface area contributed by atoms with Gasteiger partial charge >= 0.3 is 0 Å². The van der Waals surface area contributed by atoms with Crippen LogP contribution in [0.5, 0.6) is 5.75 Å². The molecule has 2 aliphatic rings. The number of nitrogens with zero attached hydrogens (tertiary/aromatic N) is 1. The van der Waals surface area contributed by atoms with Crippen molar-refractivity contribution in [1.82, 2.24) is 0 Å². The van der Waals surface area contributed by atoms with Crippen molar-refractivity contribution in [3.63, 3.8) is 0 Å². The van der Waals surface area contributed by atoms with Crippen molar-refractivity contribution in [3.05, 3.63) is 18.2 Å². The van der Waals surface area contributed by atoms with E-state index in [1.165, 1.54) is 6.42 Å². The molecule has 23 heavy (non-hydrogen) atoms. The number of hydrogen-bond donors (Lipinski definition) is 1. The second-order valence-corrected chi connectivity index (χ2v) is 6.65. The van der Waals surface area contributed by atoms with Gasteiger partial charge in [-0.2, -0.15) is 0 Å². The second kappa shape index (κ2) is 6.60. The standard InChI is InChI=1S/C18H24N2O3/c1-12(2)20-15-10-14(8-9-16(15)23-11-17(20)21)19-18(22)13-6-4-3-5-7-13/h8-10,12-13H,3-7,11H2,1-2H3,(H,19,22). The van der Waals surface area contributed by atoms with Crippen LogP contribution in [-0.4, -0.2) is 24.5 Å². The SMILES string of the molecule is CC(C)N1C(=O)COc2ccc(NC(=O)C3CCCCC3)cc21. The van der Waals surface area contributed by atoms with Gasteiger partial charge in [0.25, 0.3) is 5.91 Å². The lowest BCUT2D eigenvalue weighted by Gasteiger charge is -2.32. The van der Waals surface area contributed by atoms with Crippen LogP contribution in [0.1, 0.15) is 46.0 Å². The Balaban J connectivity index is 1.79. The maximum absolute atomic E-state index is 12.4. The van der Waals surface area contributed by atoms with Crippen LogP contribution < -0.4 is 15.0 Å². The third kappa shape index (κ3) is 3.33. The highest BCUT2D eigenvalue weighted by molar-refractivity contribution is 6.00. The van der Waals surface area contributed by atoms with Crippen LogP contribution in [0.25, 0.3) is 0 Å². The molecule has 0 atom stereocenters. The molecule has 0 bridgehead atoms. The van der Waals surface area contributed by atoms with E-state index in [2.05, 4.69) is 5.32 Å². The largest absolute Gasteiger partial charge is 0.482 e. The van der Waals surface area contributed by atoms with Gasteiger partial charge in [0.1, 0.15) is 5.75 Å². The summed E-state index contributed by atoms with van der Waals surface area (Å²) in [7, 11) is 0. The van der Waals surface area contributed by atoms with Crippen molar-refractivity contribution >= 4 is 23.2 Å². The van der Waals surface area contributed by atoms with Gasteiger partial charge in [-0.15, -0.1) is 0 Å². The fourth-order valence-corrected chi connectivity index (χ4v) is 3.42. The molecule has 0 spiro atoms. The van der Waals surface area contributed by atoms with E-state index in [0.717, 1.165) is 37.1 Å². The van der Waals surface area contributed by atoms with Gasteiger partial charge in [-0.05, 0) is 44.9 Å². The predicted octanol–water partition coefficient (Wildman–Crippen LogP) is 3.34. The number of hydrogen-bond acceptors (Lipinski definition) is 3. The second-order valence-electron chi connectivity index (χ2n) is 6.65. The molecule has 2 amide bonds. The minimum absolute atomic E-state index is 0.0504. The topological polar surface area (TPSA) is 58.6 Å². The van der Waals surface area contributed by atoms with Crippen molar-refractivity contribution < 1.29 is 14.3 Å². The van der Waals surface area contributed by atoms with Crippen LogP contribution in [-0.2, 0) is 9.59 Å². The zero-order valence-corrected chi connectivity index (χ0v) is 13.8. The summed E-state index contributed by atoms with van der Waals surface area (Å²) in [4.78, 5) is 26.2. The fourth-order valence-electron chi connectivity index (χ4n) is 3.42. The van der Waals surface area contributed by atoms with Gasteiger partial charge < -0.3 is 15.0 Å². The summed E-state index contributed by atoms with van der Waals surface area (Å²) in [6.45, 7) is 4.01. The van der Waals surface area contributed by atoms with E-state index in [-0.39, 0.29) is 30.4 Å². The van der Waals surface area contributed by atoms with E-state index < -0.39 is 0 Å². The Morgan fingerprint density at radius 3 is 2.70 bits per heavy atom. The smallest absolute Gasteiger partial charge is 0.265 e. The van der Waals surface area contributed by atoms with Crippen LogP contribution in [0.4, 0.5) is 11.4 Å². The molecule has 5 nitrogen and oxygen atoms in total. The lowest BCUT2D eigenvalue weighted by Crippen LogP contribution is -2.43. The number of amides is 2. The third-order valence-corrected chi connectivity index (χ3v) is 4.60. The maximum atomic E-state index is 12.4. The Morgan fingerprint density at radius 2 is 2.00 bits per heavy atom. The van der Waals surface area contributed by atoms with Gasteiger partial charge in [-0.3, -0.25) is 9.59 Å². The lowest BCUT2D eigenvalue weighted by atomic mass is 9.88. The number of ether oxygens (including phenoxy) is 1. The third-order valence-electron chi connectivity index (χ3n) is 4.60. The molecule has 5 heteroatoms. The van der Waals surface area contributed by atoms with Gasteiger partial charge in [0.2, 0.25) is 5.91 Å². The summed E-state index contributed by atoms with van der Waals surface area (Å²) in [5.41, 5.74) is 1.46. The van der Waals surface area contributed by atoms with Gasteiger partial charge in [0, 0.05) is 17.6 Å². The van der Waals surface area contributed by atoms with Gasteiger partial charge in [0.15, 0.2) is 6.61 Å². The highest BCUT2D eigenvalue weighted by Gasteiger charge is 2.28. The molecular weight excluding hydrogens is 292 g/mol. The molecule has 0 unspecified atom stereocenters. The first-order chi connectivity index (χ1) is 11.1. The van der Waals surface area contributed by atoms with Crippen LogP contribution in [0, 0.1) is 5.92 Å². The monoisotopic (exact) mass is 316 g/mol. The number of benzene rings is 1. The van der Waals surface area contributed by atoms with Crippen molar-refractivity contribution in [2.45, 2.75) is 52.0 Å². The summed E-state index contributed by atoms with van der Waals surface area (Å²) in [5, 5.41) is 3.00. The Kier molecular flexibility index (Phi) is 4.55. The van der Waals surface area contributed by atoms with Crippen molar-refractivity contribution in [3.8, 4) is 5.75 Å². The summed E-state index contributed by atoms with van der Waals surface area (Å²) >= 11 is 0. The first kappa shape index (κ1) is 15.8. The molecule has 1 heterocycles. The van der Waals surface area contributed by atoms with E-state index in [0.29, 0.717) is 5.75 Å². The van der Waals surface area contributed by atoms with E-state index in [1.54, 1.807) is 4.90 Å². The summed E-state index contributed by atoms with van der Waals surface area (Å²) in [6, 6.07) is 5.56. The average Bonchev–Trinajstić information content (AvgIpc) is 2.55. The fraction of sp³-hybridized carbons (Fsp3) is 0.556. The molecule has 1 N–H and O–H groups in total. The molecule has 1 fully saturated rings. The van der Waals surface area contributed by atoms with Gasteiger partial charge in [-0.1, -0.05) is 19.3 Å². The molecule has 1 aromatic carbocycles. The number of nitrogens with one attached hydrogen (secondary N) is 1. The molecule has 1 aromatic rings. The number of carbonyl (C=O) groups excluding carboxylic acids is 2. The zero-order chi connectivity index (χ0) is 16.4. The van der Waals surface area contributed by atoms with E-state index >= 15 is 0 Å². The molecule has 124 valence electrons. The highest BCUT2D eigenvalue weighted by Crippen LogP contribution is 2.36. The number of anilines is 2. The van der Waals surface area contributed by atoms with Crippen molar-refractivity contribution in [2.75, 3.05) is 16.8 Å². The molecular formula is C18H24N2O3. The highest BCUT2D eigenvalue weighted by atomic mass is 16.5. The minimum atomic E-state index is -0.0525. The van der Waals surface area contributed by atoms with Crippen molar-refractivity contribution in [2.24, 2.45) is 5.92 Å². The lowest BCUT2D eigenvalue weighted by molar-refractivity contribution is -0.122. The van der Waals surface area contributed by atoms with Crippen molar-refractivity contribution in [1.29, 1.82) is 0 Å². The molecule has 1 saturated carbocycles. The molecule has 1 aliphatic carbocycles. The van der Waals surface area contributed by atoms with E-state index in [4.69, 9.17) is 4.74 Å². The molecule has 0 radical (unpaired) electrons.